The molecular formula is C25H24N2O4S2. The van der Waals surface area contributed by atoms with Gasteiger partial charge in [0.25, 0.3) is 0 Å². The summed E-state index contributed by atoms with van der Waals surface area (Å²) in [7, 11) is 1.40. The molecule has 0 N–H and O–H groups in total. The van der Waals surface area contributed by atoms with Crippen molar-refractivity contribution < 1.29 is 18.7 Å². The van der Waals surface area contributed by atoms with Crippen LogP contribution in [0.15, 0.2) is 63.4 Å². The fourth-order valence-corrected chi connectivity index (χ4v) is 5.28. The fraction of sp³-hybridized carbons (Fsp3) is 0.240. The van der Waals surface area contributed by atoms with E-state index in [-0.39, 0.29) is 12.4 Å². The number of oxazole rings is 1. The van der Waals surface area contributed by atoms with Crippen LogP contribution in [0.4, 0.5) is 0 Å². The molecule has 4 aromatic rings. The van der Waals surface area contributed by atoms with Crippen molar-refractivity contribution in [3.8, 4) is 17.2 Å². The molecule has 4 rings (SSSR count). The molecule has 0 saturated heterocycles. The highest BCUT2D eigenvalue weighted by atomic mass is 32.2. The Morgan fingerprint density at radius 1 is 1.09 bits per heavy atom. The molecule has 0 saturated carbocycles. The van der Waals surface area contributed by atoms with Gasteiger partial charge in [-0.05, 0) is 43.7 Å². The molecule has 170 valence electrons. The number of aromatic nitrogens is 2. The first kappa shape index (κ1) is 23.1. The van der Waals surface area contributed by atoms with Crippen molar-refractivity contribution in [3.63, 3.8) is 0 Å². The van der Waals surface area contributed by atoms with E-state index in [9.17, 15) is 4.79 Å². The molecule has 0 spiro atoms. The molecule has 33 heavy (non-hydrogen) atoms. The van der Waals surface area contributed by atoms with Crippen molar-refractivity contribution in [3.05, 3.63) is 82.2 Å². The molecule has 2 heterocycles. The molecule has 2 aromatic heterocycles. The predicted molar refractivity (Wildman–Crippen MR) is 130 cm³/mol. The highest BCUT2D eigenvalue weighted by Gasteiger charge is 2.14. The summed E-state index contributed by atoms with van der Waals surface area (Å²) in [4.78, 5) is 21.7. The zero-order valence-corrected chi connectivity index (χ0v) is 20.3. The number of benzene rings is 2. The van der Waals surface area contributed by atoms with Gasteiger partial charge >= 0.3 is 5.97 Å². The van der Waals surface area contributed by atoms with Crippen LogP contribution in [-0.4, -0.2) is 23.0 Å². The lowest BCUT2D eigenvalue weighted by Gasteiger charge is -2.06. The van der Waals surface area contributed by atoms with Crippen LogP contribution in [0.3, 0.4) is 0 Å². The number of hydrogen-bond donors (Lipinski definition) is 0. The second-order valence-corrected chi connectivity index (χ2v) is 9.66. The molecule has 0 amide bonds. The number of esters is 1. The molecule has 0 aliphatic heterocycles. The number of carbonyl (C=O) groups excluding carboxylic acids is 1. The molecule has 0 fully saturated rings. The third kappa shape index (κ3) is 6.03. The number of carbonyl (C=O) groups is 1. The molecule has 2 aromatic carbocycles. The van der Waals surface area contributed by atoms with E-state index in [0.29, 0.717) is 12.5 Å². The zero-order chi connectivity index (χ0) is 23.2. The molecule has 0 unspecified atom stereocenters. The van der Waals surface area contributed by atoms with Gasteiger partial charge in [-0.2, -0.15) is 0 Å². The highest BCUT2D eigenvalue weighted by molar-refractivity contribution is 8.00. The van der Waals surface area contributed by atoms with E-state index in [1.807, 2.05) is 62.4 Å². The SMILES string of the molecule is COC(=O)Cc1sc(SCc2cccc(OCc3nc(-c4ccccc4)oc3C)c2)nc1C. The number of hydrogen-bond acceptors (Lipinski definition) is 8. The lowest BCUT2D eigenvalue weighted by molar-refractivity contribution is -0.139. The van der Waals surface area contributed by atoms with Crippen LogP contribution in [0, 0.1) is 13.8 Å². The zero-order valence-electron chi connectivity index (χ0n) is 18.7. The molecule has 0 atom stereocenters. The van der Waals surface area contributed by atoms with Crippen molar-refractivity contribution in [2.24, 2.45) is 0 Å². The summed E-state index contributed by atoms with van der Waals surface area (Å²) in [6.07, 6.45) is 0.261. The maximum absolute atomic E-state index is 11.5. The van der Waals surface area contributed by atoms with Gasteiger partial charge in [0.05, 0.1) is 19.2 Å². The van der Waals surface area contributed by atoms with Crippen LogP contribution >= 0.6 is 23.1 Å². The van der Waals surface area contributed by atoms with Gasteiger partial charge in [0.15, 0.2) is 4.34 Å². The Hall–Kier alpha value is -3.10. The number of ether oxygens (including phenoxy) is 2. The summed E-state index contributed by atoms with van der Waals surface area (Å²) in [6, 6.07) is 17.8. The molecule has 0 aliphatic rings. The monoisotopic (exact) mass is 480 g/mol. The Bertz CT molecular complexity index is 1230. The quantitative estimate of drug-likeness (QED) is 0.215. The van der Waals surface area contributed by atoms with E-state index in [4.69, 9.17) is 13.9 Å². The first-order valence-corrected chi connectivity index (χ1v) is 12.2. The van der Waals surface area contributed by atoms with Crippen molar-refractivity contribution in [2.45, 2.75) is 37.0 Å². The molecule has 6 nitrogen and oxygen atoms in total. The number of aryl methyl sites for hydroxylation is 2. The van der Waals surface area contributed by atoms with Gasteiger partial charge < -0.3 is 13.9 Å². The average Bonchev–Trinajstić information content (AvgIpc) is 3.38. The normalized spacial score (nSPS) is 10.9. The van der Waals surface area contributed by atoms with E-state index in [1.165, 1.54) is 18.4 Å². The average molecular weight is 481 g/mol. The number of thiazole rings is 1. The lowest BCUT2D eigenvalue weighted by Crippen LogP contribution is -2.03. The Morgan fingerprint density at radius 3 is 2.70 bits per heavy atom. The predicted octanol–water partition coefficient (Wildman–Crippen LogP) is 6.00. The van der Waals surface area contributed by atoms with Gasteiger partial charge in [-0.15, -0.1) is 11.3 Å². The van der Waals surface area contributed by atoms with Crippen molar-refractivity contribution in [1.29, 1.82) is 0 Å². The van der Waals surface area contributed by atoms with Gasteiger partial charge in [0, 0.05) is 16.2 Å². The maximum Gasteiger partial charge on any atom is 0.310 e. The lowest BCUT2D eigenvalue weighted by atomic mass is 10.2. The van der Waals surface area contributed by atoms with Crippen molar-refractivity contribution in [1.82, 2.24) is 9.97 Å². The smallest absolute Gasteiger partial charge is 0.310 e. The van der Waals surface area contributed by atoms with E-state index < -0.39 is 0 Å². The van der Waals surface area contributed by atoms with E-state index in [2.05, 4.69) is 16.0 Å². The minimum Gasteiger partial charge on any atom is -0.487 e. The summed E-state index contributed by atoms with van der Waals surface area (Å²) in [5.74, 6) is 2.63. The summed E-state index contributed by atoms with van der Waals surface area (Å²) >= 11 is 3.18. The van der Waals surface area contributed by atoms with Crippen molar-refractivity contribution >= 4 is 29.1 Å². The van der Waals surface area contributed by atoms with Gasteiger partial charge in [-0.3, -0.25) is 4.79 Å². The molecule has 0 aliphatic carbocycles. The first-order valence-electron chi connectivity index (χ1n) is 10.4. The van der Waals surface area contributed by atoms with E-state index in [0.717, 1.165) is 49.0 Å². The number of rotatable bonds is 9. The number of methoxy groups -OCH3 is 1. The Kier molecular flexibility index (Phi) is 7.47. The second-order valence-electron chi connectivity index (χ2n) is 7.35. The minimum absolute atomic E-state index is 0.249. The fourth-order valence-electron chi connectivity index (χ4n) is 3.12. The van der Waals surface area contributed by atoms with Crippen LogP contribution in [0.2, 0.25) is 0 Å². The highest BCUT2D eigenvalue weighted by Crippen LogP contribution is 2.31. The topological polar surface area (TPSA) is 74.5 Å². The van der Waals surface area contributed by atoms with E-state index >= 15 is 0 Å². The summed E-state index contributed by atoms with van der Waals surface area (Å²) < 4.78 is 17.5. The second kappa shape index (κ2) is 10.7. The maximum atomic E-state index is 11.5. The summed E-state index contributed by atoms with van der Waals surface area (Å²) in [5, 5.41) is 0. The molecule has 0 bridgehead atoms. The Morgan fingerprint density at radius 2 is 1.91 bits per heavy atom. The van der Waals surface area contributed by atoms with Crippen LogP contribution in [0.1, 0.15) is 27.6 Å². The third-order valence-corrected chi connectivity index (χ3v) is 7.33. The summed E-state index contributed by atoms with van der Waals surface area (Å²) in [6.45, 7) is 4.15. The minimum atomic E-state index is -0.249. The van der Waals surface area contributed by atoms with Crippen LogP contribution in [-0.2, 0) is 28.3 Å². The van der Waals surface area contributed by atoms with Gasteiger partial charge in [-0.25, -0.2) is 9.97 Å². The first-order chi connectivity index (χ1) is 16.0. The van der Waals surface area contributed by atoms with Crippen molar-refractivity contribution in [2.75, 3.05) is 7.11 Å². The Balaban J connectivity index is 1.36. The summed E-state index contributed by atoms with van der Waals surface area (Å²) in [5.41, 5.74) is 3.73. The van der Waals surface area contributed by atoms with Gasteiger partial charge in [0.2, 0.25) is 5.89 Å². The van der Waals surface area contributed by atoms with E-state index in [1.54, 1.807) is 11.8 Å². The van der Waals surface area contributed by atoms with Gasteiger partial charge in [-0.1, -0.05) is 42.1 Å². The molecule has 8 heteroatoms. The third-order valence-electron chi connectivity index (χ3n) is 4.96. The van der Waals surface area contributed by atoms with Crippen LogP contribution in [0.25, 0.3) is 11.5 Å². The molecule has 0 radical (unpaired) electrons. The number of nitrogens with zero attached hydrogens (tertiary/aromatic N) is 2. The Labute approximate surface area is 201 Å². The molecular weight excluding hydrogens is 456 g/mol. The van der Waals surface area contributed by atoms with Gasteiger partial charge in [0.1, 0.15) is 23.8 Å². The van der Waals surface area contributed by atoms with Crippen LogP contribution < -0.4 is 4.74 Å². The largest absolute Gasteiger partial charge is 0.487 e. The number of thioether (sulfide) groups is 1. The van der Waals surface area contributed by atoms with Crippen LogP contribution in [0.5, 0.6) is 5.75 Å². The standard InChI is InChI=1S/C25H24N2O4S2/c1-16-22(13-23(28)29-3)33-25(26-16)32-15-18-8-7-11-20(12-18)30-14-21-17(2)31-24(27-21)19-9-5-4-6-10-19/h4-12H,13-15H2,1-3H3.